The third-order valence-corrected chi connectivity index (χ3v) is 0.733. The zero-order chi connectivity index (χ0) is 7.44. The number of carboxylic acids is 1. The fraction of sp³-hybridized carbons (Fsp3) is 0.600. The van der Waals surface area contributed by atoms with Crippen LogP contribution in [0.15, 0.2) is 4.99 Å². The van der Waals surface area contributed by atoms with Crippen molar-refractivity contribution < 1.29 is 33.9 Å². The smallest absolute Gasteiger partial charge is 0.862 e. The Morgan fingerprint density at radius 2 is 2.10 bits per heavy atom. The van der Waals surface area contributed by atoms with E-state index in [9.17, 15) is 9.90 Å². The van der Waals surface area contributed by atoms with Crippen molar-refractivity contribution in [3.63, 3.8) is 0 Å². The number of rotatable bonds is 2. The van der Waals surface area contributed by atoms with Crippen LogP contribution in [-0.2, 0) is 4.79 Å². The quantitative estimate of drug-likeness (QED) is 0.241. The van der Waals surface area contributed by atoms with Crippen molar-refractivity contribution >= 4 is 11.9 Å². The van der Waals surface area contributed by atoms with E-state index in [-0.39, 0.29) is 18.9 Å². The summed E-state index contributed by atoms with van der Waals surface area (Å²) in [6.45, 7) is 2.57. The van der Waals surface area contributed by atoms with Crippen LogP contribution in [0.1, 0.15) is 13.8 Å². The van der Waals surface area contributed by atoms with E-state index in [1.807, 2.05) is 0 Å². The van der Waals surface area contributed by atoms with E-state index in [1.54, 1.807) is 0 Å². The maximum atomic E-state index is 10.1. The molecule has 1 N–H and O–H groups in total. The van der Waals surface area contributed by atoms with Crippen LogP contribution in [0.25, 0.3) is 0 Å². The van der Waals surface area contributed by atoms with Gasteiger partial charge in [0.2, 0.25) is 0 Å². The van der Waals surface area contributed by atoms with Crippen LogP contribution >= 0.6 is 0 Å². The van der Waals surface area contributed by atoms with Gasteiger partial charge in [-0.1, -0.05) is 0 Å². The molecule has 0 spiro atoms. The topological polar surface area (TPSA) is 72.7 Å². The molecule has 0 radical (unpaired) electrons. The van der Waals surface area contributed by atoms with Gasteiger partial charge in [-0.05, 0) is 19.7 Å². The molecule has 5 heteroatoms. The van der Waals surface area contributed by atoms with Crippen molar-refractivity contribution in [3.8, 4) is 0 Å². The van der Waals surface area contributed by atoms with Gasteiger partial charge in [0.05, 0.1) is 0 Å². The molecule has 0 saturated carbocycles. The van der Waals surface area contributed by atoms with Gasteiger partial charge in [-0.3, -0.25) is 4.99 Å². The van der Waals surface area contributed by atoms with E-state index in [0.29, 0.717) is 0 Å². The number of carboxylic acid groups (broad SMARTS) is 1. The van der Waals surface area contributed by atoms with Crippen LogP contribution in [0.2, 0.25) is 0 Å². The minimum Gasteiger partial charge on any atom is -0.862 e. The van der Waals surface area contributed by atoms with Gasteiger partial charge in [0.25, 0.3) is 0 Å². The minimum absolute atomic E-state index is 0. The summed E-state index contributed by atoms with van der Waals surface area (Å²) in [5.41, 5.74) is 0. The maximum Gasteiger partial charge on any atom is 1.00 e. The van der Waals surface area contributed by atoms with Gasteiger partial charge in [0, 0.05) is 0 Å². The van der Waals surface area contributed by atoms with Gasteiger partial charge < -0.3 is 10.2 Å². The Kier molecular flexibility index (Phi) is 6.52. The molecule has 0 saturated heterocycles. The van der Waals surface area contributed by atoms with Crippen LogP contribution in [0.3, 0.4) is 0 Å². The number of hydrogen-bond donors (Lipinski definition) is 1. The van der Waals surface area contributed by atoms with Gasteiger partial charge in [-0.15, -0.1) is 0 Å². The second kappa shape index (κ2) is 5.33. The summed E-state index contributed by atoms with van der Waals surface area (Å²) in [7, 11) is 0. The first-order valence-corrected chi connectivity index (χ1v) is 2.48. The van der Waals surface area contributed by atoms with Crippen LogP contribution in [-0.4, -0.2) is 23.0 Å². The first-order valence-electron chi connectivity index (χ1n) is 2.48. The summed E-state index contributed by atoms with van der Waals surface area (Å²) in [4.78, 5) is 13.2. The third-order valence-electron chi connectivity index (χ3n) is 0.733. The number of hydrogen-bond acceptors (Lipinski definition) is 3. The first-order chi connectivity index (χ1) is 4.04. The van der Waals surface area contributed by atoms with E-state index in [0.717, 1.165) is 0 Å². The SMILES string of the molecule is CC([O-])=N[C@@H](C)C(=O)O.[Li+]. The summed E-state index contributed by atoms with van der Waals surface area (Å²) in [6.07, 6.45) is 0. The second-order valence-electron chi connectivity index (χ2n) is 1.66. The maximum absolute atomic E-state index is 10.1. The predicted molar refractivity (Wildman–Crippen MR) is 30.2 cm³/mol. The molecule has 0 unspecified atom stereocenters. The molecular formula is C5H8LiNO3. The Labute approximate surface area is 71.1 Å². The van der Waals surface area contributed by atoms with Crippen LogP contribution in [0.5, 0.6) is 0 Å². The molecule has 0 aromatic rings. The zero-order valence-electron chi connectivity index (χ0n) is 6.29. The molecule has 0 fully saturated rings. The van der Waals surface area contributed by atoms with E-state index in [4.69, 9.17) is 5.11 Å². The van der Waals surface area contributed by atoms with Crippen LogP contribution in [0.4, 0.5) is 0 Å². The summed E-state index contributed by atoms with van der Waals surface area (Å²) >= 11 is 0. The summed E-state index contributed by atoms with van der Waals surface area (Å²) in [6, 6.07) is -0.914. The van der Waals surface area contributed by atoms with E-state index in [1.165, 1.54) is 13.8 Å². The van der Waals surface area contributed by atoms with E-state index in [2.05, 4.69) is 4.99 Å². The molecule has 0 aliphatic heterocycles. The Morgan fingerprint density at radius 3 is 2.20 bits per heavy atom. The van der Waals surface area contributed by atoms with Crippen molar-refractivity contribution in [2.45, 2.75) is 19.9 Å². The van der Waals surface area contributed by atoms with Crippen molar-refractivity contribution in [1.29, 1.82) is 0 Å². The largest absolute Gasteiger partial charge is 1.00 e. The van der Waals surface area contributed by atoms with Crippen molar-refractivity contribution in [2.24, 2.45) is 4.99 Å². The molecule has 10 heavy (non-hydrogen) atoms. The zero-order valence-corrected chi connectivity index (χ0v) is 6.29. The molecule has 0 aliphatic rings. The normalized spacial score (nSPS) is 13.6. The van der Waals surface area contributed by atoms with Gasteiger partial charge in [0.15, 0.2) is 0 Å². The monoisotopic (exact) mass is 137 g/mol. The summed E-state index contributed by atoms with van der Waals surface area (Å²) in [5.74, 6) is -1.53. The van der Waals surface area contributed by atoms with Crippen molar-refractivity contribution in [1.82, 2.24) is 0 Å². The Hall–Kier alpha value is -0.463. The van der Waals surface area contributed by atoms with Gasteiger partial charge in [-0.25, -0.2) is 4.79 Å². The average molecular weight is 137 g/mol. The number of nitrogens with zero attached hydrogens (tertiary/aromatic N) is 1. The summed E-state index contributed by atoms with van der Waals surface area (Å²) < 4.78 is 0. The van der Waals surface area contributed by atoms with Gasteiger partial charge in [0.1, 0.15) is 6.04 Å². The number of aliphatic imine (C=N–C) groups is 1. The Balaban J connectivity index is 0. The minimum atomic E-state index is -1.08. The van der Waals surface area contributed by atoms with E-state index < -0.39 is 17.9 Å². The van der Waals surface area contributed by atoms with Gasteiger partial charge >= 0.3 is 24.8 Å². The number of aliphatic carboxylic acids is 1. The average Bonchev–Trinajstić information content (AvgIpc) is 1.63. The predicted octanol–water partition coefficient (Wildman–Crippen LogP) is -3.76. The first kappa shape index (κ1) is 12.2. The number of carbonyl (C=O) groups is 1. The van der Waals surface area contributed by atoms with Crippen molar-refractivity contribution in [2.75, 3.05) is 0 Å². The molecule has 0 aromatic heterocycles. The molecule has 0 bridgehead atoms. The standard InChI is InChI=1S/C5H9NO3.Li/c1-3(5(8)9)6-4(2)7;/h3H,1-2H3,(H,6,7)(H,8,9);/q;+1/p-1/t3-;/m0./s1. The molecule has 0 rings (SSSR count). The molecular weight excluding hydrogens is 129 g/mol. The molecule has 0 aliphatic carbocycles. The molecule has 1 atom stereocenters. The van der Waals surface area contributed by atoms with Crippen LogP contribution < -0.4 is 24.0 Å². The van der Waals surface area contributed by atoms with Gasteiger partial charge in [-0.2, -0.15) is 0 Å². The van der Waals surface area contributed by atoms with E-state index >= 15 is 0 Å². The molecule has 0 amide bonds. The molecule has 4 nitrogen and oxygen atoms in total. The summed E-state index contributed by atoms with van der Waals surface area (Å²) in [5, 5.41) is 18.3. The molecule has 0 heterocycles. The second-order valence-corrected chi connectivity index (χ2v) is 1.66. The van der Waals surface area contributed by atoms with Crippen LogP contribution in [0, 0.1) is 0 Å². The fourth-order valence-corrected chi connectivity index (χ4v) is 0.328. The Bertz CT molecular complexity index is 142. The molecule has 52 valence electrons. The fourth-order valence-electron chi connectivity index (χ4n) is 0.328. The van der Waals surface area contributed by atoms with Crippen molar-refractivity contribution in [3.05, 3.63) is 0 Å². The molecule has 0 aromatic carbocycles. The third kappa shape index (κ3) is 5.67. The Morgan fingerprint density at radius 1 is 1.70 bits per heavy atom.